The van der Waals surface area contributed by atoms with E-state index >= 15 is 0 Å². The maximum Gasteiger partial charge on any atom is 0.274 e. The van der Waals surface area contributed by atoms with Crippen LogP contribution in [0.4, 0.5) is 11.4 Å². The maximum atomic E-state index is 12.6. The minimum atomic E-state index is -0.422. The Hall–Kier alpha value is -3.67. The zero-order valence-corrected chi connectivity index (χ0v) is 15.7. The van der Waals surface area contributed by atoms with Gasteiger partial charge in [0.15, 0.2) is 0 Å². The summed E-state index contributed by atoms with van der Waals surface area (Å²) in [4.78, 5) is 29.1. The number of hydrogen-bond donors (Lipinski definition) is 2. The van der Waals surface area contributed by atoms with E-state index in [9.17, 15) is 9.59 Å². The van der Waals surface area contributed by atoms with Crippen LogP contribution in [0.5, 0.6) is 5.75 Å². The van der Waals surface area contributed by atoms with Crippen LogP contribution in [0.3, 0.4) is 0 Å². The standard InChI is InChI=1S/C22H21N3O3/c1-15(2)28-20-11-7-6-10-18(20)25-22(27)19-14-16(12-13-23-19)21(26)24-17-8-4-3-5-9-17/h3-15H,1-2H3,(H,24,26)(H,25,27). The highest BCUT2D eigenvalue weighted by atomic mass is 16.5. The molecule has 3 aromatic rings. The summed E-state index contributed by atoms with van der Waals surface area (Å²) < 4.78 is 5.71. The van der Waals surface area contributed by atoms with E-state index in [1.807, 2.05) is 38.1 Å². The number of aromatic nitrogens is 1. The molecule has 2 amide bonds. The molecule has 0 spiro atoms. The Morgan fingerprint density at radius 3 is 2.36 bits per heavy atom. The number of carbonyl (C=O) groups is 2. The Morgan fingerprint density at radius 1 is 0.893 bits per heavy atom. The van der Waals surface area contributed by atoms with Crippen molar-refractivity contribution in [2.45, 2.75) is 20.0 Å². The molecule has 28 heavy (non-hydrogen) atoms. The second kappa shape index (κ2) is 8.81. The van der Waals surface area contributed by atoms with Crippen LogP contribution in [0, 0.1) is 0 Å². The molecule has 0 bridgehead atoms. The molecule has 6 heteroatoms. The first-order valence-corrected chi connectivity index (χ1v) is 8.92. The average Bonchev–Trinajstić information content (AvgIpc) is 2.70. The molecule has 0 radical (unpaired) electrons. The van der Waals surface area contributed by atoms with Gasteiger partial charge in [-0.2, -0.15) is 0 Å². The normalized spacial score (nSPS) is 10.4. The quantitative estimate of drug-likeness (QED) is 0.670. The number of rotatable bonds is 6. The van der Waals surface area contributed by atoms with Crippen molar-refractivity contribution in [1.82, 2.24) is 4.98 Å². The lowest BCUT2D eigenvalue weighted by Gasteiger charge is -2.14. The molecule has 0 atom stereocenters. The van der Waals surface area contributed by atoms with E-state index in [1.165, 1.54) is 12.3 Å². The third-order valence-electron chi connectivity index (χ3n) is 3.78. The molecule has 142 valence electrons. The minimum Gasteiger partial charge on any atom is -0.489 e. The maximum absolute atomic E-state index is 12.6. The zero-order valence-electron chi connectivity index (χ0n) is 15.7. The number of amides is 2. The van der Waals surface area contributed by atoms with E-state index < -0.39 is 5.91 Å². The van der Waals surface area contributed by atoms with E-state index in [-0.39, 0.29) is 17.7 Å². The summed E-state index contributed by atoms with van der Waals surface area (Å²) in [6.07, 6.45) is 1.41. The molecule has 0 saturated heterocycles. The molecule has 0 aliphatic heterocycles. The SMILES string of the molecule is CC(C)Oc1ccccc1NC(=O)c1cc(C(=O)Nc2ccccc2)ccn1. The number of nitrogens with zero attached hydrogens (tertiary/aromatic N) is 1. The van der Waals surface area contributed by atoms with Crippen LogP contribution >= 0.6 is 0 Å². The van der Waals surface area contributed by atoms with Crippen molar-refractivity contribution >= 4 is 23.2 Å². The molecular weight excluding hydrogens is 354 g/mol. The van der Waals surface area contributed by atoms with E-state index in [4.69, 9.17) is 4.74 Å². The van der Waals surface area contributed by atoms with E-state index in [1.54, 1.807) is 36.4 Å². The lowest BCUT2D eigenvalue weighted by atomic mass is 10.2. The second-order valence-corrected chi connectivity index (χ2v) is 6.37. The summed E-state index contributed by atoms with van der Waals surface area (Å²) in [6, 6.07) is 19.3. The van der Waals surface area contributed by atoms with Gasteiger partial charge in [-0.3, -0.25) is 14.6 Å². The van der Waals surface area contributed by atoms with Gasteiger partial charge >= 0.3 is 0 Å². The van der Waals surface area contributed by atoms with Gasteiger partial charge < -0.3 is 15.4 Å². The summed E-state index contributed by atoms with van der Waals surface area (Å²) in [5.74, 6) is -0.163. The number of hydrogen-bond acceptors (Lipinski definition) is 4. The molecule has 1 aromatic heterocycles. The average molecular weight is 375 g/mol. The molecular formula is C22H21N3O3. The van der Waals surface area contributed by atoms with Crippen LogP contribution in [0.25, 0.3) is 0 Å². The summed E-state index contributed by atoms with van der Waals surface area (Å²) in [7, 11) is 0. The Labute approximate surface area is 163 Å². The predicted octanol–water partition coefficient (Wildman–Crippen LogP) is 4.37. The predicted molar refractivity (Wildman–Crippen MR) is 109 cm³/mol. The molecule has 0 aliphatic carbocycles. The number of para-hydroxylation sites is 3. The Balaban J connectivity index is 1.75. The molecule has 2 N–H and O–H groups in total. The van der Waals surface area contributed by atoms with E-state index in [0.29, 0.717) is 22.7 Å². The molecule has 2 aromatic carbocycles. The topological polar surface area (TPSA) is 80.3 Å². The third-order valence-corrected chi connectivity index (χ3v) is 3.78. The Morgan fingerprint density at radius 2 is 1.61 bits per heavy atom. The number of nitrogens with one attached hydrogen (secondary N) is 2. The van der Waals surface area contributed by atoms with Crippen molar-refractivity contribution in [2.75, 3.05) is 10.6 Å². The monoisotopic (exact) mass is 375 g/mol. The van der Waals surface area contributed by atoms with Crippen LogP contribution < -0.4 is 15.4 Å². The highest BCUT2D eigenvalue weighted by molar-refractivity contribution is 6.08. The molecule has 1 heterocycles. The van der Waals surface area contributed by atoms with E-state index in [0.717, 1.165) is 0 Å². The van der Waals surface area contributed by atoms with Gasteiger partial charge in [0.05, 0.1) is 11.8 Å². The summed E-state index contributed by atoms with van der Waals surface area (Å²) in [5, 5.41) is 5.58. The Kier molecular flexibility index (Phi) is 6.01. The van der Waals surface area contributed by atoms with Crippen LogP contribution in [-0.2, 0) is 0 Å². The van der Waals surface area contributed by atoms with Crippen molar-refractivity contribution < 1.29 is 14.3 Å². The first-order valence-electron chi connectivity index (χ1n) is 8.92. The van der Waals surface area contributed by atoms with Crippen molar-refractivity contribution in [1.29, 1.82) is 0 Å². The molecule has 0 aliphatic rings. The lowest BCUT2D eigenvalue weighted by molar-refractivity contribution is 0.102. The van der Waals surface area contributed by atoms with Crippen LogP contribution in [0.2, 0.25) is 0 Å². The minimum absolute atomic E-state index is 0.0267. The fourth-order valence-electron chi connectivity index (χ4n) is 2.53. The van der Waals surface area contributed by atoms with Crippen molar-refractivity contribution in [3.8, 4) is 5.75 Å². The van der Waals surface area contributed by atoms with Crippen LogP contribution in [-0.4, -0.2) is 22.9 Å². The first-order chi connectivity index (χ1) is 13.5. The van der Waals surface area contributed by atoms with Gasteiger partial charge in [0.1, 0.15) is 11.4 Å². The fourth-order valence-corrected chi connectivity index (χ4v) is 2.53. The van der Waals surface area contributed by atoms with Crippen molar-refractivity contribution in [3.05, 3.63) is 84.2 Å². The fraction of sp³-hybridized carbons (Fsp3) is 0.136. The van der Waals surface area contributed by atoms with E-state index in [2.05, 4.69) is 15.6 Å². The molecule has 0 saturated carbocycles. The largest absolute Gasteiger partial charge is 0.489 e. The van der Waals surface area contributed by atoms with Gasteiger partial charge in [-0.05, 0) is 50.2 Å². The van der Waals surface area contributed by atoms with Crippen LogP contribution in [0.1, 0.15) is 34.7 Å². The van der Waals surface area contributed by atoms with Crippen molar-refractivity contribution in [2.24, 2.45) is 0 Å². The number of ether oxygens (including phenoxy) is 1. The van der Waals surface area contributed by atoms with Gasteiger partial charge in [0.25, 0.3) is 11.8 Å². The second-order valence-electron chi connectivity index (χ2n) is 6.37. The third kappa shape index (κ3) is 4.94. The first kappa shape index (κ1) is 19.1. The van der Waals surface area contributed by atoms with Gasteiger partial charge in [0.2, 0.25) is 0 Å². The summed E-state index contributed by atoms with van der Waals surface area (Å²) in [6.45, 7) is 3.82. The van der Waals surface area contributed by atoms with Crippen LogP contribution in [0.15, 0.2) is 72.9 Å². The van der Waals surface area contributed by atoms with Crippen molar-refractivity contribution in [3.63, 3.8) is 0 Å². The summed E-state index contributed by atoms with van der Waals surface area (Å²) in [5.41, 5.74) is 1.70. The van der Waals surface area contributed by atoms with Gasteiger partial charge in [0, 0.05) is 17.4 Å². The number of carbonyl (C=O) groups excluding carboxylic acids is 2. The highest BCUT2D eigenvalue weighted by Gasteiger charge is 2.14. The molecule has 0 unspecified atom stereocenters. The van der Waals surface area contributed by atoms with Gasteiger partial charge in [-0.15, -0.1) is 0 Å². The molecule has 6 nitrogen and oxygen atoms in total. The summed E-state index contributed by atoms with van der Waals surface area (Å²) >= 11 is 0. The molecule has 0 fully saturated rings. The van der Waals surface area contributed by atoms with Gasteiger partial charge in [-0.1, -0.05) is 30.3 Å². The zero-order chi connectivity index (χ0) is 19.9. The smallest absolute Gasteiger partial charge is 0.274 e. The number of pyridine rings is 1. The number of benzene rings is 2. The highest BCUT2D eigenvalue weighted by Crippen LogP contribution is 2.25. The van der Waals surface area contributed by atoms with Gasteiger partial charge in [-0.25, -0.2) is 0 Å². The Bertz CT molecular complexity index is 972. The molecule has 3 rings (SSSR count). The number of anilines is 2. The lowest BCUT2D eigenvalue weighted by Crippen LogP contribution is -2.18.